The van der Waals surface area contributed by atoms with Gasteiger partial charge >= 0.3 is 0 Å². The lowest BCUT2D eigenvalue weighted by molar-refractivity contribution is 0.102. The molecule has 0 radical (unpaired) electrons. The van der Waals surface area contributed by atoms with Crippen molar-refractivity contribution in [1.29, 1.82) is 0 Å². The molecule has 2 heterocycles. The predicted octanol–water partition coefficient (Wildman–Crippen LogP) is 1.85. The van der Waals surface area contributed by atoms with Crippen LogP contribution >= 0.6 is 11.3 Å². The minimum atomic E-state index is -0.287. The fourth-order valence-corrected chi connectivity index (χ4v) is 2.32. The van der Waals surface area contributed by atoms with Gasteiger partial charge in [0.05, 0.1) is 21.9 Å². The summed E-state index contributed by atoms with van der Waals surface area (Å²) in [6.07, 6.45) is 1.40. The number of H-pyrrole nitrogens is 1. The second kappa shape index (κ2) is 4.11. The number of fused-ring (bicyclic) bond motifs is 1. The highest BCUT2D eigenvalue weighted by molar-refractivity contribution is 7.16. The maximum absolute atomic E-state index is 11.9. The summed E-state index contributed by atoms with van der Waals surface area (Å²) in [5.74, 6) is -0.0310. The molecule has 0 bridgehead atoms. The molecule has 0 atom stereocenters. The van der Waals surface area contributed by atoms with E-state index in [0.717, 1.165) is 10.2 Å². The summed E-state index contributed by atoms with van der Waals surface area (Å²) in [6.45, 7) is 0. The SMILES string of the molecule is Nc1[nH]ncc1C(=O)Nc1ccc2ncsc2c1. The monoisotopic (exact) mass is 259 g/mol. The van der Waals surface area contributed by atoms with Crippen molar-refractivity contribution in [3.63, 3.8) is 0 Å². The van der Waals surface area contributed by atoms with Gasteiger partial charge in [0, 0.05) is 5.69 Å². The second-order valence-electron chi connectivity index (χ2n) is 3.69. The van der Waals surface area contributed by atoms with Crippen LogP contribution in [-0.4, -0.2) is 21.1 Å². The van der Waals surface area contributed by atoms with E-state index in [9.17, 15) is 4.79 Å². The molecule has 7 heteroatoms. The minimum Gasteiger partial charge on any atom is -0.383 e. The number of anilines is 2. The number of hydrogen-bond donors (Lipinski definition) is 3. The molecule has 18 heavy (non-hydrogen) atoms. The van der Waals surface area contributed by atoms with E-state index in [2.05, 4.69) is 20.5 Å². The van der Waals surface area contributed by atoms with Gasteiger partial charge in [-0.3, -0.25) is 9.89 Å². The maximum Gasteiger partial charge on any atom is 0.261 e. The summed E-state index contributed by atoms with van der Waals surface area (Å²) in [5, 5.41) is 8.99. The first-order valence-electron chi connectivity index (χ1n) is 5.17. The Kier molecular flexibility index (Phi) is 2.45. The Labute approximate surface area is 106 Å². The summed E-state index contributed by atoms with van der Waals surface area (Å²) >= 11 is 1.52. The number of nitrogen functional groups attached to an aromatic ring is 1. The number of thiazole rings is 1. The molecular formula is C11H9N5OS. The molecule has 90 valence electrons. The van der Waals surface area contributed by atoms with Crippen molar-refractivity contribution in [1.82, 2.24) is 15.2 Å². The molecule has 0 aliphatic carbocycles. The lowest BCUT2D eigenvalue weighted by Crippen LogP contribution is -2.12. The molecule has 0 aliphatic heterocycles. The molecule has 3 aromatic rings. The van der Waals surface area contributed by atoms with Crippen molar-refractivity contribution in [3.8, 4) is 0 Å². The highest BCUT2D eigenvalue weighted by atomic mass is 32.1. The van der Waals surface area contributed by atoms with Crippen LogP contribution in [0.3, 0.4) is 0 Å². The summed E-state index contributed by atoms with van der Waals surface area (Å²) in [4.78, 5) is 16.1. The van der Waals surface area contributed by atoms with Crippen molar-refractivity contribution in [2.45, 2.75) is 0 Å². The standard InChI is InChI=1S/C11H9N5OS/c12-10-7(4-14-16-10)11(17)15-6-1-2-8-9(3-6)18-5-13-8/h1-5H,(H,15,17)(H3,12,14,16). The number of benzene rings is 1. The third-order valence-electron chi connectivity index (χ3n) is 2.50. The van der Waals surface area contributed by atoms with Gasteiger partial charge in [-0.15, -0.1) is 11.3 Å². The van der Waals surface area contributed by atoms with Crippen LogP contribution in [0.15, 0.2) is 29.9 Å². The van der Waals surface area contributed by atoms with Crippen molar-refractivity contribution in [2.24, 2.45) is 0 Å². The molecule has 0 unspecified atom stereocenters. The van der Waals surface area contributed by atoms with E-state index in [1.54, 1.807) is 11.6 Å². The van der Waals surface area contributed by atoms with E-state index in [1.165, 1.54) is 17.5 Å². The van der Waals surface area contributed by atoms with Crippen LogP contribution in [0, 0.1) is 0 Å². The Hall–Kier alpha value is -2.41. The lowest BCUT2D eigenvalue weighted by atomic mass is 10.2. The Morgan fingerprint density at radius 3 is 3.11 bits per heavy atom. The van der Waals surface area contributed by atoms with Gasteiger partial charge in [-0.05, 0) is 18.2 Å². The normalized spacial score (nSPS) is 10.7. The lowest BCUT2D eigenvalue weighted by Gasteiger charge is -2.03. The Morgan fingerprint density at radius 1 is 1.44 bits per heavy atom. The fourth-order valence-electron chi connectivity index (χ4n) is 1.61. The van der Waals surface area contributed by atoms with E-state index in [1.807, 2.05) is 12.1 Å². The number of hydrogen-bond acceptors (Lipinski definition) is 5. The van der Waals surface area contributed by atoms with Gasteiger partial charge < -0.3 is 11.1 Å². The highest BCUT2D eigenvalue weighted by Gasteiger charge is 2.12. The molecule has 3 rings (SSSR count). The molecule has 1 amide bonds. The molecule has 1 aromatic carbocycles. The number of carbonyl (C=O) groups is 1. The number of rotatable bonds is 2. The largest absolute Gasteiger partial charge is 0.383 e. The summed E-state index contributed by atoms with van der Waals surface area (Å²) in [7, 11) is 0. The van der Waals surface area contributed by atoms with Gasteiger partial charge in [0.2, 0.25) is 0 Å². The van der Waals surface area contributed by atoms with E-state index >= 15 is 0 Å². The molecule has 6 nitrogen and oxygen atoms in total. The van der Waals surface area contributed by atoms with Crippen LogP contribution in [0.25, 0.3) is 10.2 Å². The zero-order valence-corrected chi connectivity index (χ0v) is 9.99. The van der Waals surface area contributed by atoms with Crippen molar-refractivity contribution >= 4 is 39.0 Å². The van der Waals surface area contributed by atoms with Gasteiger partial charge in [0.25, 0.3) is 5.91 Å². The van der Waals surface area contributed by atoms with Gasteiger partial charge in [0.15, 0.2) is 0 Å². The first-order valence-corrected chi connectivity index (χ1v) is 6.05. The Bertz CT molecular complexity index is 717. The quantitative estimate of drug-likeness (QED) is 0.654. The van der Waals surface area contributed by atoms with Gasteiger partial charge in [-0.2, -0.15) is 5.10 Å². The van der Waals surface area contributed by atoms with Crippen LogP contribution in [0.4, 0.5) is 11.5 Å². The average molecular weight is 259 g/mol. The molecule has 0 spiro atoms. The van der Waals surface area contributed by atoms with Gasteiger partial charge in [-0.1, -0.05) is 0 Å². The second-order valence-corrected chi connectivity index (χ2v) is 4.57. The van der Waals surface area contributed by atoms with E-state index in [-0.39, 0.29) is 11.7 Å². The average Bonchev–Trinajstić information content (AvgIpc) is 2.96. The van der Waals surface area contributed by atoms with Gasteiger partial charge in [-0.25, -0.2) is 4.98 Å². The number of aromatic nitrogens is 3. The number of carbonyl (C=O) groups excluding carboxylic acids is 1. The van der Waals surface area contributed by atoms with Crippen LogP contribution in [0.1, 0.15) is 10.4 Å². The van der Waals surface area contributed by atoms with Crippen LogP contribution in [-0.2, 0) is 0 Å². The third kappa shape index (κ3) is 1.80. The van der Waals surface area contributed by atoms with E-state index < -0.39 is 0 Å². The Morgan fingerprint density at radius 2 is 2.33 bits per heavy atom. The zero-order valence-electron chi connectivity index (χ0n) is 9.18. The third-order valence-corrected chi connectivity index (χ3v) is 3.29. The highest BCUT2D eigenvalue weighted by Crippen LogP contribution is 2.22. The molecule has 4 N–H and O–H groups in total. The van der Waals surface area contributed by atoms with Gasteiger partial charge in [0.1, 0.15) is 11.4 Å². The molecule has 2 aromatic heterocycles. The summed E-state index contributed by atoms with van der Waals surface area (Å²) in [5.41, 5.74) is 9.31. The number of nitrogens with zero attached hydrogens (tertiary/aromatic N) is 2. The maximum atomic E-state index is 11.9. The Balaban J connectivity index is 1.88. The topological polar surface area (TPSA) is 96.7 Å². The smallest absolute Gasteiger partial charge is 0.261 e. The zero-order chi connectivity index (χ0) is 12.5. The number of aromatic amines is 1. The molecule has 0 saturated heterocycles. The van der Waals surface area contributed by atoms with E-state index in [0.29, 0.717) is 11.3 Å². The minimum absolute atomic E-state index is 0.256. The number of nitrogens with one attached hydrogen (secondary N) is 2. The number of nitrogens with two attached hydrogens (primary N) is 1. The first-order chi connectivity index (χ1) is 8.74. The first kappa shape index (κ1) is 10.7. The molecular weight excluding hydrogens is 250 g/mol. The van der Waals surface area contributed by atoms with Crippen molar-refractivity contribution in [2.75, 3.05) is 11.1 Å². The summed E-state index contributed by atoms with van der Waals surface area (Å²) in [6, 6.07) is 5.54. The van der Waals surface area contributed by atoms with Crippen LogP contribution in [0.5, 0.6) is 0 Å². The predicted molar refractivity (Wildman–Crippen MR) is 70.6 cm³/mol. The summed E-state index contributed by atoms with van der Waals surface area (Å²) < 4.78 is 1.02. The molecule has 0 saturated carbocycles. The fraction of sp³-hybridized carbons (Fsp3) is 0. The van der Waals surface area contributed by atoms with Crippen molar-refractivity contribution in [3.05, 3.63) is 35.5 Å². The van der Waals surface area contributed by atoms with Crippen LogP contribution < -0.4 is 11.1 Å². The van der Waals surface area contributed by atoms with Crippen LogP contribution in [0.2, 0.25) is 0 Å². The van der Waals surface area contributed by atoms with Crippen molar-refractivity contribution < 1.29 is 4.79 Å². The van der Waals surface area contributed by atoms with E-state index in [4.69, 9.17) is 5.73 Å². The molecule has 0 fully saturated rings. The number of amides is 1. The molecule has 0 aliphatic rings.